The number of fused-ring (bicyclic) bond motifs is 1. The third-order valence-corrected chi connectivity index (χ3v) is 7.52. The Balaban J connectivity index is 1.26. The molecule has 0 saturated carbocycles. The molecule has 232 valence electrons. The van der Waals surface area contributed by atoms with Gasteiger partial charge in [0, 0.05) is 33.6 Å². The van der Waals surface area contributed by atoms with Gasteiger partial charge in [-0.15, -0.1) is 0 Å². The van der Waals surface area contributed by atoms with E-state index in [1.54, 1.807) is 46.3 Å². The minimum Gasteiger partial charge on any atom is -0.493 e. The molecular formula is C30H45N5O7. The van der Waals surface area contributed by atoms with Crippen molar-refractivity contribution >= 4 is 17.1 Å². The topological polar surface area (TPSA) is 139 Å². The molecule has 0 aliphatic heterocycles. The van der Waals surface area contributed by atoms with Gasteiger partial charge >= 0.3 is 5.69 Å². The van der Waals surface area contributed by atoms with E-state index in [0.717, 1.165) is 50.5 Å². The van der Waals surface area contributed by atoms with Gasteiger partial charge in [-0.25, -0.2) is 9.78 Å². The van der Waals surface area contributed by atoms with Gasteiger partial charge in [0.1, 0.15) is 0 Å². The molecule has 1 unspecified atom stereocenters. The number of aryl methyl sites for hydroxylation is 3. The molecule has 0 aliphatic rings. The number of unbranched alkanes of at least 4 members (excludes halogenated alkanes) is 6. The molecule has 3 aromatic rings. The van der Waals surface area contributed by atoms with Crippen LogP contribution in [0.3, 0.4) is 0 Å². The highest BCUT2D eigenvalue weighted by molar-refractivity contribution is 5.76. The molecule has 1 aromatic carbocycles. The van der Waals surface area contributed by atoms with Crippen molar-refractivity contribution in [2.24, 2.45) is 14.1 Å². The first-order chi connectivity index (χ1) is 20.2. The van der Waals surface area contributed by atoms with Crippen LogP contribution in [0.2, 0.25) is 0 Å². The molecule has 3 rings (SSSR count). The van der Waals surface area contributed by atoms with Crippen molar-refractivity contribution in [3.63, 3.8) is 0 Å². The molecule has 2 aromatic heterocycles. The molecule has 1 amide bonds. The van der Waals surface area contributed by atoms with Crippen molar-refractivity contribution in [3.05, 3.63) is 44.9 Å². The summed E-state index contributed by atoms with van der Waals surface area (Å²) in [4.78, 5) is 41.8. The second-order valence-corrected chi connectivity index (χ2v) is 10.6. The summed E-state index contributed by atoms with van der Waals surface area (Å²) in [5.41, 5.74) is 1.11. The SMILES string of the molecule is COc1cc(CCC(=O)NCC(O)CCCCCCCCCn2c(=O)c3c(ncn3C)n(C)c2=O)cc(OC)c1OC. The van der Waals surface area contributed by atoms with Crippen molar-refractivity contribution in [2.45, 2.75) is 76.9 Å². The number of benzene rings is 1. The number of carbonyl (C=O) groups excluding carboxylic acids is 1. The van der Waals surface area contributed by atoms with Crippen molar-refractivity contribution in [1.29, 1.82) is 0 Å². The first kappa shape index (κ1) is 32.7. The highest BCUT2D eigenvalue weighted by Crippen LogP contribution is 2.38. The number of nitrogens with zero attached hydrogens (tertiary/aromatic N) is 4. The summed E-state index contributed by atoms with van der Waals surface area (Å²) in [6, 6.07) is 3.66. The van der Waals surface area contributed by atoms with Gasteiger partial charge in [-0.2, -0.15) is 0 Å². The Morgan fingerprint density at radius 1 is 0.952 bits per heavy atom. The van der Waals surface area contributed by atoms with Gasteiger partial charge in [0.15, 0.2) is 22.7 Å². The maximum absolute atomic E-state index is 12.7. The van der Waals surface area contributed by atoms with E-state index < -0.39 is 6.10 Å². The van der Waals surface area contributed by atoms with E-state index in [-0.39, 0.29) is 30.1 Å². The van der Waals surface area contributed by atoms with E-state index in [9.17, 15) is 19.5 Å². The van der Waals surface area contributed by atoms with Crippen molar-refractivity contribution in [3.8, 4) is 17.2 Å². The number of nitrogens with one attached hydrogen (secondary N) is 1. The third kappa shape index (κ3) is 8.37. The fourth-order valence-corrected chi connectivity index (χ4v) is 5.09. The zero-order valence-electron chi connectivity index (χ0n) is 25.5. The first-order valence-electron chi connectivity index (χ1n) is 14.6. The molecule has 1 atom stereocenters. The largest absolute Gasteiger partial charge is 0.493 e. The predicted molar refractivity (Wildman–Crippen MR) is 161 cm³/mol. The summed E-state index contributed by atoms with van der Waals surface area (Å²) in [7, 11) is 8.04. The number of rotatable bonds is 18. The normalized spacial score (nSPS) is 12.0. The van der Waals surface area contributed by atoms with E-state index in [1.165, 1.54) is 9.13 Å². The van der Waals surface area contributed by atoms with Gasteiger partial charge in [0.05, 0.1) is 33.8 Å². The lowest BCUT2D eigenvalue weighted by Crippen LogP contribution is -2.39. The van der Waals surface area contributed by atoms with Crippen LogP contribution in [-0.4, -0.2) is 63.7 Å². The molecule has 0 bridgehead atoms. The number of hydrogen-bond donors (Lipinski definition) is 2. The molecular weight excluding hydrogens is 542 g/mol. The molecule has 42 heavy (non-hydrogen) atoms. The molecule has 2 heterocycles. The van der Waals surface area contributed by atoms with Crippen molar-refractivity contribution < 1.29 is 24.1 Å². The Labute approximate surface area is 246 Å². The standard InChI is InChI=1S/C30H45N5O7/c1-33-20-32-28-26(33)29(38)35(30(39)34(28)2)16-12-10-8-6-7-9-11-13-22(36)19-31-25(37)15-14-21-17-23(40-3)27(42-5)24(18-21)41-4/h17-18,20,22,36H,6-16,19H2,1-5H3,(H,31,37). The summed E-state index contributed by atoms with van der Waals surface area (Å²) in [5.74, 6) is 1.48. The molecule has 0 saturated heterocycles. The third-order valence-electron chi connectivity index (χ3n) is 7.52. The van der Waals surface area contributed by atoms with Gasteiger partial charge < -0.3 is 29.2 Å². The Kier molecular flexibility index (Phi) is 12.5. The Morgan fingerprint density at radius 2 is 1.57 bits per heavy atom. The minimum atomic E-state index is -0.576. The van der Waals surface area contributed by atoms with Crippen LogP contribution in [0.1, 0.15) is 63.4 Å². The fraction of sp³-hybridized carbons (Fsp3) is 0.600. The quantitative estimate of drug-likeness (QED) is 0.217. The summed E-state index contributed by atoms with van der Waals surface area (Å²) >= 11 is 0. The molecule has 12 nitrogen and oxygen atoms in total. The Hall–Kier alpha value is -3.80. The van der Waals surface area contributed by atoms with Crippen molar-refractivity contribution in [1.82, 2.24) is 24.0 Å². The zero-order chi connectivity index (χ0) is 30.6. The maximum atomic E-state index is 12.7. The fourth-order valence-electron chi connectivity index (χ4n) is 5.09. The minimum absolute atomic E-state index is 0.122. The predicted octanol–water partition coefficient (Wildman–Crippen LogP) is 2.69. The lowest BCUT2D eigenvalue weighted by Gasteiger charge is -2.14. The van der Waals surface area contributed by atoms with E-state index in [4.69, 9.17) is 14.2 Å². The van der Waals surface area contributed by atoms with Crippen LogP contribution in [0.4, 0.5) is 0 Å². The number of aliphatic hydroxyl groups is 1. The average Bonchev–Trinajstić information content (AvgIpc) is 3.39. The van der Waals surface area contributed by atoms with Crippen LogP contribution < -0.4 is 30.8 Å². The number of ether oxygens (including phenoxy) is 3. The number of amides is 1. The highest BCUT2D eigenvalue weighted by atomic mass is 16.5. The summed E-state index contributed by atoms with van der Waals surface area (Å²) < 4.78 is 20.4. The summed E-state index contributed by atoms with van der Waals surface area (Å²) in [6.07, 6.45) is 9.11. The van der Waals surface area contributed by atoms with E-state index in [1.807, 2.05) is 12.1 Å². The molecule has 0 spiro atoms. The number of methoxy groups -OCH3 is 3. The smallest absolute Gasteiger partial charge is 0.332 e. The van der Waals surface area contributed by atoms with Gasteiger partial charge in [0.2, 0.25) is 11.7 Å². The average molecular weight is 588 g/mol. The number of imidazole rings is 1. The lowest BCUT2D eigenvalue weighted by atomic mass is 10.1. The van der Waals surface area contributed by atoms with Crippen LogP contribution >= 0.6 is 0 Å². The van der Waals surface area contributed by atoms with Crippen LogP contribution in [0.15, 0.2) is 28.0 Å². The number of aromatic nitrogens is 4. The van der Waals surface area contributed by atoms with Crippen LogP contribution in [0, 0.1) is 0 Å². The van der Waals surface area contributed by atoms with Crippen LogP contribution in [-0.2, 0) is 31.9 Å². The van der Waals surface area contributed by atoms with E-state index in [0.29, 0.717) is 47.8 Å². The number of aliphatic hydroxyl groups excluding tert-OH is 1. The van der Waals surface area contributed by atoms with Gasteiger partial charge in [-0.05, 0) is 37.0 Å². The van der Waals surface area contributed by atoms with Crippen LogP contribution in [0.25, 0.3) is 11.2 Å². The maximum Gasteiger partial charge on any atom is 0.332 e. The monoisotopic (exact) mass is 587 g/mol. The lowest BCUT2D eigenvalue weighted by molar-refractivity contribution is -0.121. The Morgan fingerprint density at radius 3 is 2.19 bits per heavy atom. The zero-order valence-corrected chi connectivity index (χ0v) is 25.5. The second-order valence-electron chi connectivity index (χ2n) is 10.6. The van der Waals surface area contributed by atoms with Crippen LogP contribution in [0.5, 0.6) is 17.2 Å². The van der Waals surface area contributed by atoms with Gasteiger partial charge in [-0.1, -0.05) is 38.5 Å². The molecule has 2 N–H and O–H groups in total. The molecule has 12 heteroatoms. The van der Waals surface area contributed by atoms with Crippen molar-refractivity contribution in [2.75, 3.05) is 27.9 Å². The molecule has 0 aliphatic carbocycles. The number of carbonyl (C=O) groups is 1. The summed E-state index contributed by atoms with van der Waals surface area (Å²) in [6.45, 7) is 0.630. The molecule has 0 fully saturated rings. The molecule has 0 radical (unpaired) electrons. The van der Waals surface area contributed by atoms with Gasteiger partial charge in [-0.3, -0.25) is 18.7 Å². The second kappa shape index (κ2) is 16.0. The van der Waals surface area contributed by atoms with E-state index >= 15 is 0 Å². The highest BCUT2D eigenvalue weighted by Gasteiger charge is 2.16. The Bertz CT molecular complexity index is 1420. The van der Waals surface area contributed by atoms with Gasteiger partial charge in [0.25, 0.3) is 5.56 Å². The first-order valence-corrected chi connectivity index (χ1v) is 14.6. The summed E-state index contributed by atoms with van der Waals surface area (Å²) in [5, 5.41) is 13.1. The number of hydrogen-bond acceptors (Lipinski definition) is 8. The van der Waals surface area contributed by atoms with E-state index in [2.05, 4.69) is 10.3 Å².